The summed E-state index contributed by atoms with van der Waals surface area (Å²) in [5.41, 5.74) is 1.57. The molecule has 0 atom stereocenters. The van der Waals surface area contributed by atoms with Crippen molar-refractivity contribution in [2.24, 2.45) is 0 Å². The van der Waals surface area contributed by atoms with Gasteiger partial charge in [0.15, 0.2) is 0 Å². The number of carbonyl (C=O) groups is 1. The average Bonchev–Trinajstić information content (AvgIpc) is 3.08. The minimum absolute atomic E-state index is 0.125. The van der Waals surface area contributed by atoms with Gasteiger partial charge in [-0.3, -0.25) is 4.79 Å². The summed E-state index contributed by atoms with van der Waals surface area (Å²) in [6.07, 6.45) is 2.40. The van der Waals surface area contributed by atoms with Crippen LogP contribution in [0.1, 0.15) is 28.9 Å². The number of nitrogens with zero attached hydrogens (tertiary/aromatic N) is 2. The van der Waals surface area contributed by atoms with Crippen molar-refractivity contribution in [3.63, 3.8) is 0 Å². The van der Waals surface area contributed by atoms with Crippen LogP contribution in [0.2, 0.25) is 0 Å². The van der Waals surface area contributed by atoms with E-state index in [9.17, 15) is 4.79 Å². The Balaban J connectivity index is 1.65. The van der Waals surface area contributed by atoms with E-state index in [4.69, 9.17) is 0 Å². The molecule has 1 N–H and O–H groups in total. The maximum atomic E-state index is 12.2. The summed E-state index contributed by atoms with van der Waals surface area (Å²) in [7, 11) is 0. The van der Waals surface area contributed by atoms with Gasteiger partial charge < -0.3 is 10.2 Å². The highest BCUT2D eigenvalue weighted by Crippen LogP contribution is 2.17. The predicted octanol–water partition coefficient (Wildman–Crippen LogP) is 2.61. The summed E-state index contributed by atoms with van der Waals surface area (Å²) in [6, 6.07) is 15.5. The van der Waals surface area contributed by atoms with Crippen LogP contribution in [0.5, 0.6) is 0 Å². The van der Waals surface area contributed by atoms with E-state index in [1.54, 1.807) is 6.07 Å². The molecule has 1 aliphatic rings. The Kier molecular flexibility index (Phi) is 4.15. The molecule has 1 amide bonds. The molecule has 2 aromatic rings. The lowest BCUT2D eigenvalue weighted by Gasteiger charge is -2.16. The van der Waals surface area contributed by atoms with Gasteiger partial charge in [0.2, 0.25) is 0 Å². The maximum Gasteiger partial charge on any atom is 0.270 e. The molecule has 4 heteroatoms. The Bertz CT molecular complexity index is 606. The van der Waals surface area contributed by atoms with E-state index in [-0.39, 0.29) is 5.91 Å². The summed E-state index contributed by atoms with van der Waals surface area (Å²) in [4.78, 5) is 18.9. The number of pyridine rings is 1. The maximum absolute atomic E-state index is 12.2. The molecule has 0 spiro atoms. The predicted molar refractivity (Wildman–Crippen MR) is 83.3 cm³/mol. The second kappa shape index (κ2) is 6.39. The van der Waals surface area contributed by atoms with Crippen LogP contribution in [0.3, 0.4) is 0 Å². The Morgan fingerprint density at radius 2 is 1.81 bits per heavy atom. The summed E-state index contributed by atoms with van der Waals surface area (Å²) >= 11 is 0. The van der Waals surface area contributed by atoms with Gasteiger partial charge in [0, 0.05) is 19.6 Å². The summed E-state index contributed by atoms with van der Waals surface area (Å²) in [5, 5.41) is 2.91. The Labute approximate surface area is 124 Å². The number of anilines is 1. The Morgan fingerprint density at radius 1 is 1.05 bits per heavy atom. The first-order valence-electron chi connectivity index (χ1n) is 7.37. The SMILES string of the molecule is O=C(NCc1ccccc1)c1cccc(N2CCCC2)n1. The van der Waals surface area contributed by atoms with E-state index >= 15 is 0 Å². The highest BCUT2D eigenvalue weighted by molar-refractivity contribution is 5.92. The van der Waals surface area contributed by atoms with Gasteiger partial charge in [0.25, 0.3) is 5.91 Å². The van der Waals surface area contributed by atoms with Crippen LogP contribution < -0.4 is 10.2 Å². The molecule has 2 heterocycles. The standard InChI is InChI=1S/C17H19N3O/c21-17(18-13-14-7-2-1-3-8-14)15-9-6-10-16(19-15)20-11-4-5-12-20/h1-3,6-10H,4-5,11-13H2,(H,18,21). The molecule has 4 nitrogen and oxygen atoms in total. The number of rotatable bonds is 4. The van der Waals surface area contributed by atoms with Gasteiger partial charge in [0.05, 0.1) is 0 Å². The molecule has 21 heavy (non-hydrogen) atoms. The second-order valence-corrected chi connectivity index (χ2v) is 5.24. The van der Waals surface area contributed by atoms with Crippen molar-refractivity contribution >= 4 is 11.7 Å². The minimum atomic E-state index is -0.125. The number of hydrogen-bond donors (Lipinski definition) is 1. The van der Waals surface area contributed by atoms with Crippen LogP contribution in [0.4, 0.5) is 5.82 Å². The van der Waals surface area contributed by atoms with E-state index in [1.807, 2.05) is 42.5 Å². The molecule has 0 bridgehead atoms. The van der Waals surface area contributed by atoms with Crippen molar-refractivity contribution in [2.45, 2.75) is 19.4 Å². The third-order valence-corrected chi connectivity index (χ3v) is 3.69. The number of nitrogens with one attached hydrogen (secondary N) is 1. The number of carbonyl (C=O) groups excluding carboxylic acids is 1. The molecular formula is C17H19N3O. The van der Waals surface area contributed by atoms with Crippen LogP contribution in [0, 0.1) is 0 Å². The fourth-order valence-corrected chi connectivity index (χ4v) is 2.54. The van der Waals surface area contributed by atoms with Gasteiger partial charge >= 0.3 is 0 Å². The van der Waals surface area contributed by atoms with Crippen LogP contribution in [-0.2, 0) is 6.54 Å². The molecule has 1 aromatic heterocycles. The van der Waals surface area contributed by atoms with Crippen molar-refractivity contribution in [1.29, 1.82) is 0 Å². The van der Waals surface area contributed by atoms with Crippen molar-refractivity contribution in [3.05, 3.63) is 59.8 Å². The average molecular weight is 281 g/mol. The minimum Gasteiger partial charge on any atom is -0.357 e. The molecule has 0 radical (unpaired) electrons. The number of aromatic nitrogens is 1. The molecule has 1 saturated heterocycles. The third kappa shape index (κ3) is 3.40. The molecule has 1 aromatic carbocycles. The zero-order valence-electron chi connectivity index (χ0n) is 12.0. The number of hydrogen-bond acceptors (Lipinski definition) is 3. The largest absolute Gasteiger partial charge is 0.357 e. The molecule has 108 valence electrons. The fraction of sp³-hybridized carbons (Fsp3) is 0.294. The molecule has 0 unspecified atom stereocenters. The smallest absolute Gasteiger partial charge is 0.270 e. The number of benzene rings is 1. The molecule has 0 aliphatic carbocycles. The molecule has 1 aliphatic heterocycles. The fourth-order valence-electron chi connectivity index (χ4n) is 2.54. The van der Waals surface area contributed by atoms with E-state index in [0.717, 1.165) is 24.5 Å². The van der Waals surface area contributed by atoms with Gasteiger partial charge in [-0.15, -0.1) is 0 Å². The van der Waals surface area contributed by atoms with E-state index in [1.165, 1.54) is 12.8 Å². The first-order valence-corrected chi connectivity index (χ1v) is 7.37. The van der Waals surface area contributed by atoms with Gasteiger partial charge in [0.1, 0.15) is 11.5 Å². The first-order chi connectivity index (χ1) is 10.3. The van der Waals surface area contributed by atoms with Gasteiger partial charge in [-0.2, -0.15) is 0 Å². The summed E-state index contributed by atoms with van der Waals surface area (Å²) in [6.45, 7) is 2.58. The first kappa shape index (κ1) is 13.6. The van der Waals surface area contributed by atoms with Gasteiger partial charge in [-0.1, -0.05) is 36.4 Å². The molecule has 0 saturated carbocycles. The van der Waals surface area contributed by atoms with Crippen molar-refractivity contribution in [1.82, 2.24) is 10.3 Å². The summed E-state index contributed by atoms with van der Waals surface area (Å²) in [5.74, 6) is 0.778. The van der Waals surface area contributed by atoms with Gasteiger partial charge in [-0.05, 0) is 30.5 Å². The normalized spacial score (nSPS) is 14.2. The summed E-state index contributed by atoms with van der Waals surface area (Å²) < 4.78 is 0. The molecule has 1 fully saturated rings. The van der Waals surface area contributed by atoms with E-state index < -0.39 is 0 Å². The molecule has 3 rings (SSSR count). The quantitative estimate of drug-likeness (QED) is 0.937. The van der Waals surface area contributed by atoms with Crippen LogP contribution in [0.15, 0.2) is 48.5 Å². The lowest BCUT2D eigenvalue weighted by Crippen LogP contribution is -2.25. The monoisotopic (exact) mass is 281 g/mol. The topological polar surface area (TPSA) is 45.2 Å². The van der Waals surface area contributed by atoms with Crippen molar-refractivity contribution in [2.75, 3.05) is 18.0 Å². The van der Waals surface area contributed by atoms with Crippen LogP contribution >= 0.6 is 0 Å². The Morgan fingerprint density at radius 3 is 2.57 bits per heavy atom. The lowest BCUT2D eigenvalue weighted by molar-refractivity contribution is 0.0946. The van der Waals surface area contributed by atoms with Gasteiger partial charge in [-0.25, -0.2) is 4.98 Å². The zero-order chi connectivity index (χ0) is 14.5. The Hall–Kier alpha value is -2.36. The second-order valence-electron chi connectivity index (χ2n) is 5.24. The zero-order valence-corrected chi connectivity index (χ0v) is 12.0. The van der Waals surface area contributed by atoms with Crippen molar-refractivity contribution < 1.29 is 4.79 Å². The molecular weight excluding hydrogens is 262 g/mol. The third-order valence-electron chi connectivity index (χ3n) is 3.69. The van der Waals surface area contributed by atoms with Crippen molar-refractivity contribution in [3.8, 4) is 0 Å². The van der Waals surface area contributed by atoms with E-state index in [0.29, 0.717) is 12.2 Å². The van der Waals surface area contributed by atoms with Crippen LogP contribution in [0.25, 0.3) is 0 Å². The van der Waals surface area contributed by atoms with Crippen LogP contribution in [-0.4, -0.2) is 24.0 Å². The highest BCUT2D eigenvalue weighted by Gasteiger charge is 2.15. The number of amides is 1. The lowest BCUT2D eigenvalue weighted by atomic mass is 10.2. The highest BCUT2D eigenvalue weighted by atomic mass is 16.1. The van der Waals surface area contributed by atoms with E-state index in [2.05, 4.69) is 15.2 Å².